The standard InChI is InChI=1S/C25H27N7O2/c1-15-9-16(2)32(30-15)20-6-4-5-17(10-20)22-14-28-23-11-18(7-8-31(22)23)24(33)29-19-12-21(27-13-19)25(34)26-3/h4-11,14,19,21,27H,12-13H2,1-3H3,(H,26,34)(H,29,33)/t19-,21+/m0/s1. The van der Waals surface area contributed by atoms with Crippen LogP contribution in [0.5, 0.6) is 0 Å². The van der Waals surface area contributed by atoms with Crippen molar-refractivity contribution in [2.45, 2.75) is 32.4 Å². The number of amides is 2. The Labute approximate surface area is 197 Å². The Bertz CT molecular complexity index is 1390. The predicted octanol–water partition coefficient (Wildman–Crippen LogP) is 2.01. The molecule has 0 saturated carbocycles. The topological polar surface area (TPSA) is 105 Å². The van der Waals surface area contributed by atoms with E-state index in [1.165, 1.54) is 0 Å². The Morgan fingerprint density at radius 3 is 2.76 bits per heavy atom. The Morgan fingerprint density at radius 1 is 1.15 bits per heavy atom. The van der Waals surface area contributed by atoms with Crippen molar-refractivity contribution in [2.24, 2.45) is 0 Å². The van der Waals surface area contributed by atoms with Crippen LogP contribution in [0.3, 0.4) is 0 Å². The molecular formula is C25H27N7O2. The Hall–Kier alpha value is -3.98. The van der Waals surface area contributed by atoms with Gasteiger partial charge < -0.3 is 16.0 Å². The van der Waals surface area contributed by atoms with Crippen LogP contribution in [-0.2, 0) is 4.79 Å². The van der Waals surface area contributed by atoms with Gasteiger partial charge in [0.1, 0.15) is 5.65 Å². The van der Waals surface area contributed by atoms with Gasteiger partial charge in [-0.2, -0.15) is 5.10 Å². The van der Waals surface area contributed by atoms with E-state index in [1.807, 2.05) is 59.6 Å². The highest BCUT2D eigenvalue weighted by atomic mass is 16.2. The number of carbonyl (C=O) groups excluding carboxylic acids is 2. The quantitative estimate of drug-likeness (QED) is 0.425. The summed E-state index contributed by atoms with van der Waals surface area (Å²) in [4.78, 5) is 29.2. The highest BCUT2D eigenvalue weighted by molar-refractivity contribution is 5.95. The number of pyridine rings is 1. The van der Waals surface area contributed by atoms with Crippen LogP contribution in [0.15, 0.2) is 54.9 Å². The molecule has 0 unspecified atom stereocenters. The number of imidazole rings is 1. The fraction of sp³-hybridized carbons (Fsp3) is 0.280. The molecule has 4 heterocycles. The van der Waals surface area contributed by atoms with Crippen LogP contribution in [0.2, 0.25) is 0 Å². The number of rotatable bonds is 5. The summed E-state index contributed by atoms with van der Waals surface area (Å²) in [6.45, 7) is 4.58. The summed E-state index contributed by atoms with van der Waals surface area (Å²) in [6, 6.07) is 13.4. The number of likely N-dealkylation sites (N-methyl/N-ethyl adjacent to an activating group) is 1. The number of aromatic nitrogens is 4. The third kappa shape index (κ3) is 4.06. The highest BCUT2D eigenvalue weighted by Gasteiger charge is 2.29. The maximum atomic E-state index is 12.8. The van der Waals surface area contributed by atoms with Gasteiger partial charge >= 0.3 is 0 Å². The van der Waals surface area contributed by atoms with Gasteiger partial charge in [-0.15, -0.1) is 0 Å². The van der Waals surface area contributed by atoms with Gasteiger partial charge in [0.05, 0.1) is 29.3 Å². The van der Waals surface area contributed by atoms with Crippen molar-refractivity contribution >= 4 is 17.5 Å². The van der Waals surface area contributed by atoms with Gasteiger partial charge in [0.15, 0.2) is 0 Å². The second-order valence-corrected chi connectivity index (χ2v) is 8.66. The molecular weight excluding hydrogens is 430 g/mol. The number of nitrogens with zero attached hydrogens (tertiary/aromatic N) is 4. The molecule has 4 aromatic rings. The van der Waals surface area contributed by atoms with Gasteiger partial charge in [-0.1, -0.05) is 12.1 Å². The minimum atomic E-state index is -0.280. The summed E-state index contributed by atoms with van der Waals surface area (Å²) in [5.41, 5.74) is 6.18. The van der Waals surface area contributed by atoms with Crippen LogP contribution in [0.1, 0.15) is 28.2 Å². The molecule has 0 bridgehead atoms. The third-order valence-electron chi connectivity index (χ3n) is 6.20. The van der Waals surface area contributed by atoms with E-state index in [-0.39, 0.29) is 23.9 Å². The van der Waals surface area contributed by atoms with Crippen LogP contribution in [0, 0.1) is 13.8 Å². The van der Waals surface area contributed by atoms with Crippen molar-refractivity contribution in [3.8, 4) is 16.9 Å². The number of benzene rings is 1. The fourth-order valence-corrected chi connectivity index (χ4v) is 4.51. The molecule has 1 aromatic carbocycles. The lowest BCUT2D eigenvalue weighted by Gasteiger charge is -2.12. The third-order valence-corrected chi connectivity index (χ3v) is 6.20. The molecule has 1 saturated heterocycles. The zero-order valence-corrected chi connectivity index (χ0v) is 19.4. The van der Waals surface area contributed by atoms with Crippen molar-refractivity contribution in [1.29, 1.82) is 0 Å². The van der Waals surface area contributed by atoms with Crippen molar-refractivity contribution in [1.82, 2.24) is 35.1 Å². The van der Waals surface area contributed by atoms with Gasteiger partial charge in [-0.25, -0.2) is 9.67 Å². The number of hydrogen-bond acceptors (Lipinski definition) is 5. The largest absolute Gasteiger partial charge is 0.358 e. The number of carbonyl (C=O) groups is 2. The van der Waals surface area contributed by atoms with Crippen LogP contribution in [0.25, 0.3) is 22.6 Å². The smallest absolute Gasteiger partial charge is 0.251 e. The van der Waals surface area contributed by atoms with Gasteiger partial charge in [-0.3, -0.25) is 14.0 Å². The molecule has 3 aromatic heterocycles. The summed E-state index contributed by atoms with van der Waals surface area (Å²) in [5, 5.41) is 13.4. The van der Waals surface area contributed by atoms with Crippen molar-refractivity contribution in [3.05, 3.63) is 71.8 Å². The van der Waals surface area contributed by atoms with E-state index in [0.29, 0.717) is 24.2 Å². The minimum Gasteiger partial charge on any atom is -0.358 e. The van der Waals surface area contributed by atoms with Gasteiger partial charge in [0.2, 0.25) is 5.91 Å². The van der Waals surface area contributed by atoms with Crippen molar-refractivity contribution < 1.29 is 9.59 Å². The second-order valence-electron chi connectivity index (χ2n) is 8.66. The number of fused-ring (bicyclic) bond motifs is 1. The molecule has 2 amide bonds. The molecule has 1 aliphatic heterocycles. The molecule has 1 aliphatic rings. The molecule has 2 atom stereocenters. The van der Waals surface area contributed by atoms with E-state index in [0.717, 1.165) is 28.3 Å². The lowest BCUT2D eigenvalue weighted by atomic mass is 10.1. The molecule has 34 heavy (non-hydrogen) atoms. The summed E-state index contributed by atoms with van der Waals surface area (Å²) in [5.74, 6) is -0.243. The molecule has 174 valence electrons. The van der Waals surface area contributed by atoms with E-state index in [1.54, 1.807) is 19.2 Å². The lowest BCUT2D eigenvalue weighted by molar-refractivity contribution is -0.122. The van der Waals surface area contributed by atoms with E-state index in [2.05, 4.69) is 32.1 Å². The molecule has 5 rings (SSSR count). The van der Waals surface area contributed by atoms with Gasteiger partial charge in [-0.05, 0) is 50.6 Å². The van der Waals surface area contributed by atoms with Gasteiger partial charge in [0.25, 0.3) is 5.91 Å². The molecule has 3 N–H and O–H groups in total. The monoisotopic (exact) mass is 457 g/mol. The van der Waals surface area contributed by atoms with Crippen LogP contribution in [-0.4, -0.2) is 56.7 Å². The first-order chi connectivity index (χ1) is 16.4. The van der Waals surface area contributed by atoms with Crippen molar-refractivity contribution in [2.75, 3.05) is 13.6 Å². The average Bonchev–Trinajstić information content (AvgIpc) is 3.56. The van der Waals surface area contributed by atoms with E-state index >= 15 is 0 Å². The van der Waals surface area contributed by atoms with Crippen LogP contribution < -0.4 is 16.0 Å². The first kappa shape index (κ1) is 21.8. The Morgan fingerprint density at radius 2 is 2.00 bits per heavy atom. The van der Waals surface area contributed by atoms with Crippen molar-refractivity contribution in [3.63, 3.8) is 0 Å². The normalized spacial score (nSPS) is 17.7. The number of nitrogens with one attached hydrogen (secondary N) is 3. The molecule has 0 spiro atoms. The zero-order chi connectivity index (χ0) is 23.8. The Balaban J connectivity index is 1.36. The number of hydrogen-bond donors (Lipinski definition) is 3. The summed E-state index contributed by atoms with van der Waals surface area (Å²) < 4.78 is 3.90. The SMILES string of the molecule is CNC(=O)[C@H]1C[C@H](NC(=O)c2ccn3c(-c4cccc(-n5nc(C)cc5C)c4)cnc3c2)CN1. The highest BCUT2D eigenvalue weighted by Crippen LogP contribution is 2.24. The van der Waals surface area contributed by atoms with Crippen LogP contribution in [0.4, 0.5) is 0 Å². The van der Waals surface area contributed by atoms with E-state index < -0.39 is 0 Å². The maximum absolute atomic E-state index is 12.8. The molecule has 0 aliphatic carbocycles. The average molecular weight is 458 g/mol. The molecule has 9 nitrogen and oxygen atoms in total. The first-order valence-electron chi connectivity index (χ1n) is 11.3. The molecule has 0 radical (unpaired) electrons. The summed E-state index contributed by atoms with van der Waals surface area (Å²) in [6.07, 6.45) is 4.24. The van der Waals surface area contributed by atoms with Crippen LogP contribution >= 0.6 is 0 Å². The predicted molar refractivity (Wildman–Crippen MR) is 129 cm³/mol. The van der Waals surface area contributed by atoms with E-state index in [9.17, 15) is 9.59 Å². The Kier molecular flexibility index (Phi) is 5.62. The van der Waals surface area contributed by atoms with Gasteiger partial charge in [0, 0.05) is 42.7 Å². The fourth-order valence-electron chi connectivity index (χ4n) is 4.51. The second kappa shape index (κ2) is 8.75. The summed E-state index contributed by atoms with van der Waals surface area (Å²) in [7, 11) is 1.61. The lowest BCUT2D eigenvalue weighted by Crippen LogP contribution is -2.38. The minimum absolute atomic E-state index is 0.0648. The molecule has 9 heteroatoms. The van der Waals surface area contributed by atoms with E-state index in [4.69, 9.17) is 0 Å². The summed E-state index contributed by atoms with van der Waals surface area (Å²) >= 11 is 0. The molecule has 1 fully saturated rings. The maximum Gasteiger partial charge on any atom is 0.251 e. The number of aryl methyl sites for hydroxylation is 2. The first-order valence-corrected chi connectivity index (χ1v) is 11.3. The zero-order valence-electron chi connectivity index (χ0n) is 19.4.